The number of likely N-dealkylation sites (N-methyl/N-ethyl adjacent to an activating group) is 1. The summed E-state index contributed by atoms with van der Waals surface area (Å²) in [5, 5.41) is 8.61. The number of ether oxygens (including phenoxy) is 2. The fourth-order valence-electron chi connectivity index (χ4n) is 9.00. The van der Waals surface area contributed by atoms with Crippen molar-refractivity contribution in [1.82, 2.24) is 44.1 Å². The minimum atomic E-state index is -0.788. The van der Waals surface area contributed by atoms with E-state index >= 15 is 8.78 Å². The average molecular weight is 780 g/mol. The molecule has 2 unspecified atom stereocenters. The van der Waals surface area contributed by atoms with Crippen LogP contribution >= 0.6 is 0 Å². The smallest absolute Gasteiger partial charge is 0.245 e. The molecular weight excluding hydrogens is 740 g/mol. The summed E-state index contributed by atoms with van der Waals surface area (Å²) in [4.78, 5) is 40.4. The number of fused-ring (bicyclic) bond motifs is 8. The number of aromatic nitrogens is 7. The molecule has 0 aliphatic carbocycles. The van der Waals surface area contributed by atoms with Crippen molar-refractivity contribution in [2.75, 3.05) is 50.7 Å². The van der Waals surface area contributed by atoms with Crippen molar-refractivity contribution in [2.45, 2.75) is 63.1 Å². The van der Waals surface area contributed by atoms with Gasteiger partial charge in [-0.2, -0.15) is 5.10 Å². The van der Waals surface area contributed by atoms with E-state index in [1.165, 1.54) is 28.9 Å². The SMILES string of the molecule is CO[C@H]1CN(C)C(=O)[C@@H]2C[C@@H](CN2c2nc(CN3C4COCC3C4)nc3c2cnn3-c2ccc(F)cc2F)Nc2cccc(n2)-c2cc(F)cc3nc(C)n(c23)C1. The van der Waals surface area contributed by atoms with E-state index in [9.17, 15) is 9.18 Å². The fraction of sp³-hybridized carbons (Fsp3) is 0.400. The number of anilines is 2. The van der Waals surface area contributed by atoms with Crippen LogP contribution in [0.4, 0.5) is 24.8 Å². The molecule has 57 heavy (non-hydrogen) atoms. The molecule has 4 aliphatic rings. The number of pyridine rings is 1. The van der Waals surface area contributed by atoms with E-state index in [2.05, 4.69) is 20.3 Å². The predicted octanol–water partition coefficient (Wildman–Crippen LogP) is 4.47. The first-order valence-electron chi connectivity index (χ1n) is 19.1. The molecule has 0 spiro atoms. The van der Waals surface area contributed by atoms with Crippen LogP contribution in [0.1, 0.15) is 24.5 Å². The van der Waals surface area contributed by atoms with Crippen molar-refractivity contribution in [3.63, 3.8) is 0 Å². The summed E-state index contributed by atoms with van der Waals surface area (Å²) >= 11 is 0. The number of halogens is 3. The highest BCUT2D eigenvalue weighted by atomic mass is 19.1. The Morgan fingerprint density at radius 1 is 0.947 bits per heavy atom. The van der Waals surface area contributed by atoms with Gasteiger partial charge < -0.3 is 29.2 Å². The van der Waals surface area contributed by atoms with Gasteiger partial charge in [0.05, 0.1) is 60.7 Å². The lowest BCUT2D eigenvalue weighted by Crippen LogP contribution is -2.63. The molecule has 14 nitrogen and oxygen atoms in total. The van der Waals surface area contributed by atoms with Gasteiger partial charge in [0.2, 0.25) is 5.91 Å². The van der Waals surface area contributed by atoms with Gasteiger partial charge in [-0.1, -0.05) is 6.07 Å². The molecule has 10 rings (SSSR count). The topological polar surface area (TPSA) is 132 Å². The summed E-state index contributed by atoms with van der Waals surface area (Å²) in [6.45, 7) is 4.48. The van der Waals surface area contributed by atoms with Gasteiger partial charge in [-0.15, -0.1) is 0 Å². The van der Waals surface area contributed by atoms with Gasteiger partial charge in [0.1, 0.15) is 46.6 Å². The van der Waals surface area contributed by atoms with E-state index in [0.717, 1.165) is 18.0 Å². The van der Waals surface area contributed by atoms with Gasteiger partial charge in [0, 0.05) is 63.1 Å². The number of aryl methyl sites for hydroxylation is 1. The van der Waals surface area contributed by atoms with E-state index in [1.54, 1.807) is 25.3 Å². The Balaban J connectivity index is 1.09. The summed E-state index contributed by atoms with van der Waals surface area (Å²) in [6.07, 6.45) is 2.55. The van der Waals surface area contributed by atoms with Crippen LogP contribution in [0.15, 0.2) is 54.7 Å². The van der Waals surface area contributed by atoms with Crippen LogP contribution in [-0.2, 0) is 27.4 Å². The maximum atomic E-state index is 15.3. The van der Waals surface area contributed by atoms with Gasteiger partial charge >= 0.3 is 0 Å². The molecule has 3 fully saturated rings. The molecule has 4 aromatic heterocycles. The number of imidazole rings is 1. The number of nitrogens with one attached hydrogen (secondary N) is 1. The first-order valence-corrected chi connectivity index (χ1v) is 19.1. The predicted molar refractivity (Wildman–Crippen MR) is 204 cm³/mol. The zero-order valence-electron chi connectivity index (χ0n) is 31.6. The normalized spacial score (nSPS) is 23.8. The molecule has 2 aromatic carbocycles. The highest BCUT2D eigenvalue weighted by Crippen LogP contribution is 2.37. The number of benzene rings is 2. The van der Waals surface area contributed by atoms with Crippen LogP contribution in [-0.4, -0.2) is 121 Å². The van der Waals surface area contributed by atoms with E-state index < -0.39 is 29.6 Å². The quantitative estimate of drug-likeness (QED) is 0.266. The van der Waals surface area contributed by atoms with Crippen molar-refractivity contribution >= 4 is 39.6 Å². The second-order valence-electron chi connectivity index (χ2n) is 15.4. The standard InChI is InChI=1S/C40H40F3N11O3/c1-21-45-32-11-23(42)9-28-31-5-4-6-35(47-31)46-24-12-34(40(55)50(2)16-27(56-3)17-51(21)37(28)32)53(15-24)38-29-14-44-54(33-8-7-22(41)10-30(33)43)39(29)49-36(48-38)18-52-25-13-26(52)20-57-19-25/h4-11,14,24-27,34H,12-13,15-20H2,1-3H3,(H,46,47)/t24-,25?,26?,27-,34-/m0/s1. The second kappa shape index (κ2) is 13.8. The van der Waals surface area contributed by atoms with Crippen molar-refractivity contribution in [3.05, 3.63) is 83.8 Å². The lowest BCUT2D eigenvalue weighted by atomic mass is 9.91. The number of hydrogen-bond acceptors (Lipinski definition) is 11. The number of methoxy groups -OCH3 is 1. The van der Waals surface area contributed by atoms with Crippen molar-refractivity contribution in [2.24, 2.45) is 0 Å². The molecule has 3 saturated heterocycles. The van der Waals surface area contributed by atoms with Crippen LogP contribution < -0.4 is 10.2 Å². The molecule has 0 saturated carbocycles. The summed E-state index contributed by atoms with van der Waals surface area (Å²) in [5.74, 6) is 0.139. The summed E-state index contributed by atoms with van der Waals surface area (Å²) in [7, 11) is 3.37. The second-order valence-corrected chi connectivity index (χ2v) is 15.4. The van der Waals surface area contributed by atoms with E-state index in [4.69, 9.17) is 24.4 Å². The van der Waals surface area contributed by atoms with Crippen molar-refractivity contribution < 1.29 is 27.4 Å². The minimum absolute atomic E-state index is 0.0365. The molecular formula is C40H40F3N11O3. The maximum absolute atomic E-state index is 15.3. The Kier molecular flexibility index (Phi) is 8.64. The number of rotatable bonds is 5. The van der Waals surface area contributed by atoms with Gasteiger partial charge in [0.25, 0.3) is 0 Å². The zero-order chi connectivity index (χ0) is 39.1. The monoisotopic (exact) mass is 779 g/mol. The first-order chi connectivity index (χ1) is 27.6. The van der Waals surface area contributed by atoms with Crippen molar-refractivity contribution in [1.29, 1.82) is 0 Å². The zero-order valence-corrected chi connectivity index (χ0v) is 31.6. The van der Waals surface area contributed by atoms with Crippen LogP contribution in [0, 0.1) is 24.4 Å². The van der Waals surface area contributed by atoms with E-state index in [-0.39, 0.29) is 36.3 Å². The van der Waals surface area contributed by atoms with Crippen LogP contribution in [0.2, 0.25) is 0 Å². The van der Waals surface area contributed by atoms with Gasteiger partial charge in [-0.25, -0.2) is 37.8 Å². The lowest BCUT2D eigenvalue weighted by Gasteiger charge is -2.52. The third-order valence-electron chi connectivity index (χ3n) is 11.8. The number of carbonyl (C=O) groups excluding carboxylic acids is 1. The molecule has 1 amide bonds. The molecule has 1 N–H and O–H groups in total. The first kappa shape index (κ1) is 35.7. The molecule has 4 aliphatic heterocycles. The van der Waals surface area contributed by atoms with Crippen LogP contribution in [0.25, 0.3) is 39.0 Å². The highest BCUT2D eigenvalue weighted by molar-refractivity contribution is 5.94. The maximum Gasteiger partial charge on any atom is 0.245 e. The molecule has 5 atom stereocenters. The van der Waals surface area contributed by atoms with Gasteiger partial charge in [0.15, 0.2) is 11.5 Å². The Labute approximate surface area is 325 Å². The third-order valence-corrected chi connectivity index (χ3v) is 11.8. The average Bonchev–Trinajstić information content (AvgIpc) is 3.90. The molecule has 6 bridgehead atoms. The number of morpholine rings is 1. The highest BCUT2D eigenvalue weighted by Gasteiger charge is 2.44. The van der Waals surface area contributed by atoms with E-state index in [1.807, 2.05) is 34.6 Å². The van der Waals surface area contributed by atoms with Crippen LogP contribution in [0.5, 0.6) is 0 Å². The number of amides is 1. The molecule has 6 aromatic rings. The van der Waals surface area contributed by atoms with Gasteiger partial charge in [-0.05, 0) is 50.1 Å². The summed E-state index contributed by atoms with van der Waals surface area (Å²) in [5.41, 5.74) is 2.77. The minimum Gasteiger partial charge on any atom is -0.378 e. The van der Waals surface area contributed by atoms with Gasteiger partial charge in [-0.3, -0.25) is 9.69 Å². The Morgan fingerprint density at radius 3 is 2.58 bits per heavy atom. The number of hydrogen-bond donors (Lipinski definition) is 1. The lowest BCUT2D eigenvalue weighted by molar-refractivity contribution is -0.132. The Hall–Kier alpha value is -5.65. The Morgan fingerprint density at radius 2 is 1.79 bits per heavy atom. The molecule has 8 heterocycles. The third kappa shape index (κ3) is 6.15. The molecule has 294 valence electrons. The number of nitrogens with zero attached hydrogens (tertiary/aromatic N) is 10. The Bertz CT molecular complexity index is 2550. The summed E-state index contributed by atoms with van der Waals surface area (Å²) in [6, 6.07) is 11.3. The van der Waals surface area contributed by atoms with Crippen molar-refractivity contribution in [3.8, 4) is 16.9 Å². The molecule has 17 heteroatoms. The van der Waals surface area contributed by atoms with E-state index in [0.29, 0.717) is 90.4 Å². The number of carbonyl (C=O) groups is 1. The molecule has 0 radical (unpaired) electrons. The van der Waals surface area contributed by atoms with Crippen LogP contribution in [0.3, 0.4) is 0 Å². The summed E-state index contributed by atoms with van der Waals surface area (Å²) < 4.78 is 59.5. The largest absolute Gasteiger partial charge is 0.378 e. The fourth-order valence-corrected chi connectivity index (χ4v) is 9.00.